The van der Waals surface area contributed by atoms with Crippen LogP contribution >= 0.6 is 11.6 Å². The number of hydrogen-bond acceptors (Lipinski definition) is 3. The summed E-state index contributed by atoms with van der Waals surface area (Å²) in [6.07, 6.45) is 0.186. The molecule has 120 valence electrons. The minimum Gasteiger partial charge on any atom is -0.465 e. The Morgan fingerprint density at radius 2 is 1.70 bits per heavy atom. The molecule has 5 heteroatoms. The van der Waals surface area contributed by atoms with Crippen molar-refractivity contribution in [3.8, 4) is 0 Å². The molecule has 0 radical (unpaired) electrons. The lowest BCUT2D eigenvalue weighted by Crippen LogP contribution is -2.37. The van der Waals surface area contributed by atoms with Crippen molar-refractivity contribution in [1.29, 1.82) is 0 Å². The fourth-order valence-electron chi connectivity index (χ4n) is 2.14. The van der Waals surface area contributed by atoms with Gasteiger partial charge in [0.15, 0.2) is 0 Å². The minimum absolute atomic E-state index is 0.107. The van der Waals surface area contributed by atoms with Crippen LogP contribution < -0.4 is 4.90 Å². The summed E-state index contributed by atoms with van der Waals surface area (Å²) < 4.78 is 4.96. The third-order valence-corrected chi connectivity index (χ3v) is 3.48. The van der Waals surface area contributed by atoms with Crippen LogP contribution in [0.4, 0.5) is 5.69 Å². The highest BCUT2D eigenvalue weighted by Gasteiger charge is 2.20. The van der Waals surface area contributed by atoms with E-state index in [9.17, 15) is 9.59 Å². The summed E-state index contributed by atoms with van der Waals surface area (Å²) >= 11 is 5.85. The summed E-state index contributed by atoms with van der Waals surface area (Å²) in [5.41, 5.74) is 1.50. The van der Waals surface area contributed by atoms with Gasteiger partial charge in [0.1, 0.15) is 6.54 Å². The van der Waals surface area contributed by atoms with Crippen LogP contribution in [0.15, 0.2) is 54.6 Å². The van der Waals surface area contributed by atoms with E-state index in [1.54, 1.807) is 43.3 Å². The molecule has 23 heavy (non-hydrogen) atoms. The summed E-state index contributed by atoms with van der Waals surface area (Å²) in [7, 11) is 0. The van der Waals surface area contributed by atoms with Crippen molar-refractivity contribution >= 4 is 29.2 Å². The lowest BCUT2D eigenvalue weighted by molar-refractivity contribution is -0.142. The molecule has 2 aromatic rings. The van der Waals surface area contributed by atoms with Crippen LogP contribution in [0.2, 0.25) is 5.02 Å². The Labute approximate surface area is 140 Å². The van der Waals surface area contributed by atoms with E-state index in [4.69, 9.17) is 16.3 Å². The van der Waals surface area contributed by atoms with Crippen molar-refractivity contribution in [3.05, 3.63) is 65.2 Å². The third kappa shape index (κ3) is 5.11. The predicted molar refractivity (Wildman–Crippen MR) is 90.6 cm³/mol. The van der Waals surface area contributed by atoms with Gasteiger partial charge in [-0.15, -0.1) is 0 Å². The van der Waals surface area contributed by atoms with E-state index in [0.29, 0.717) is 10.7 Å². The monoisotopic (exact) mass is 331 g/mol. The summed E-state index contributed by atoms with van der Waals surface area (Å²) in [6, 6.07) is 16.2. The second kappa shape index (κ2) is 8.34. The van der Waals surface area contributed by atoms with Crippen molar-refractivity contribution in [2.75, 3.05) is 18.1 Å². The van der Waals surface area contributed by atoms with Gasteiger partial charge in [-0.2, -0.15) is 0 Å². The van der Waals surface area contributed by atoms with Crippen LogP contribution in [0, 0.1) is 0 Å². The van der Waals surface area contributed by atoms with Gasteiger partial charge in [-0.3, -0.25) is 9.59 Å². The molecule has 0 aromatic heterocycles. The van der Waals surface area contributed by atoms with E-state index >= 15 is 0 Å². The smallest absolute Gasteiger partial charge is 0.326 e. The fourth-order valence-corrected chi connectivity index (χ4v) is 2.27. The van der Waals surface area contributed by atoms with Gasteiger partial charge >= 0.3 is 5.97 Å². The largest absolute Gasteiger partial charge is 0.465 e. The first-order chi connectivity index (χ1) is 11.1. The maximum absolute atomic E-state index is 12.6. The van der Waals surface area contributed by atoms with Crippen LogP contribution in [0.1, 0.15) is 12.5 Å². The molecular weight excluding hydrogens is 314 g/mol. The van der Waals surface area contributed by atoms with Gasteiger partial charge in [0.05, 0.1) is 13.0 Å². The number of amides is 1. The molecule has 0 unspecified atom stereocenters. The molecule has 0 heterocycles. The molecule has 0 fully saturated rings. The van der Waals surface area contributed by atoms with Crippen LogP contribution in [0.5, 0.6) is 0 Å². The first-order valence-electron chi connectivity index (χ1n) is 7.35. The van der Waals surface area contributed by atoms with Crippen molar-refractivity contribution < 1.29 is 14.3 Å². The third-order valence-electron chi connectivity index (χ3n) is 3.23. The second-order valence-electron chi connectivity index (χ2n) is 4.92. The number of hydrogen-bond donors (Lipinski definition) is 0. The van der Waals surface area contributed by atoms with Crippen molar-refractivity contribution in [2.45, 2.75) is 13.3 Å². The molecule has 4 nitrogen and oxygen atoms in total. The fraction of sp³-hybridized carbons (Fsp3) is 0.222. The van der Waals surface area contributed by atoms with Gasteiger partial charge in [0, 0.05) is 10.7 Å². The summed E-state index contributed by atoms with van der Waals surface area (Å²) in [6.45, 7) is 1.91. The number of esters is 1. The Balaban J connectivity index is 2.16. The van der Waals surface area contributed by atoms with E-state index in [-0.39, 0.29) is 25.5 Å². The van der Waals surface area contributed by atoms with Crippen LogP contribution in [0.3, 0.4) is 0 Å². The minimum atomic E-state index is -0.430. The molecule has 0 aliphatic heterocycles. The maximum Gasteiger partial charge on any atom is 0.326 e. The second-order valence-corrected chi connectivity index (χ2v) is 5.36. The van der Waals surface area contributed by atoms with Crippen molar-refractivity contribution in [2.24, 2.45) is 0 Å². The highest BCUT2D eigenvalue weighted by molar-refractivity contribution is 6.30. The molecular formula is C18H18ClNO3. The molecule has 0 saturated heterocycles. The predicted octanol–water partition coefficient (Wildman–Crippen LogP) is 3.48. The van der Waals surface area contributed by atoms with Gasteiger partial charge < -0.3 is 9.64 Å². The van der Waals surface area contributed by atoms with Crippen LogP contribution in [-0.4, -0.2) is 25.0 Å². The first-order valence-corrected chi connectivity index (χ1v) is 7.73. The average Bonchev–Trinajstić information content (AvgIpc) is 2.56. The number of rotatable bonds is 6. The molecule has 0 atom stereocenters. The maximum atomic E-state index is 12.6. The molecule has 0 bridgehead atoms. The van der Waals surface area contributed by atoms with Gasteiger partial charge in [-0.1, -0.05) is 41.9 Å². The molecule has 0 aliphatic carbocycles. The van der Waals surface area contributed by atoms with Crippen LogP contribution in [-0.2, 0) is 20.7 Å². The quantitative estimate of drug-likeness (QED) is 0.761. The van der Waals surface area contributed by atoms with Crippen LogP contribution in [0.25, 0.3) is 0 Å². The molecule has 0 N–H and O–H groups in total. The standard InChI is InChI=1S/C18H18ClNO3/c1-2-23-18(22)13-20(16-6-4-3-5-7-16)17(21)12-14-8-10-15(19)11-9-14/h3-11H,2,12-13H2,1H3. The Kier molecular flexibility index (Phi) is 6.18. The van der Waals surface area contributed by atoms with Gasteiger partial charge in [-0.25, -0.2) is 0 Å². The summed E-state index contributed by atoms with van der Waals surface area (Å²) in [4.78, 5) is 25.9. The molecule has 0 spiro atoms. The number of para-hydroxylation sites is 1. The lowest BCUT2D eigenvalue weighted by Gasteiger charge is -2.22. The number of halogens is 1. The Bertz CT molecular complexity index is 656. The molecule has 1 amide bonds. The summed E-state index contributed by atoms with van der Waals surface area (Å²) in [5.74, 6) is -0.604. The highest BCUT2D eigenvalue weighted by Crippen LogP contribution is 2.16. The van der Waals surface area contributed by atoms with Crippen molar-refractivity contribution in [1.82, 2.24) is 0 Å². The van der Waals surface area contributed by atoms with E-state index in [2.05, 4.69) is 0 Å². The Morgan fingerprint density at radius 1 is 1.04 bits per heavy atom. The summed E-state index contributed by atoms with van der Waals surface area (Å²) in [5, 5.41) is 0.618. The van der Waals surface area contributed by atoms with E-state index in [0.717, 1.165) is 5.56 Å². The number of carbonyl (C=O) groups is 2. The topological polar surface area (TPSA) is 46.6 Å². The molecule has 2 aromatic carbocycles. The number of anilines is 1. The normalized spacial score (nSPS) is 10.2. The number of benzene rings is 2. The van der Waals surface area contributed by atoms with Gasteiger partial charge in [-0.05, 0) is 36.8 Å². The zero-order chi connectivity index (χ0) is 16.7. The van der Waals surface area contributed by atoms with Gasteiger partial charge in [0.25, 0.3) is 0 Å². The number of ether oxygens (including phenoxy) is 1. The number of nitrogens with zero attached hydrogens (tertiary/aromatic N) is 1. The van der Waals surface area contributed by atoms with E-state index in [1.165, 1.54) is 4.90 Å². The zero-order valence-corrected chi connectivity index (χ0v) is 13.6. The SMILES string of the molecule is CCOC(=O)CN(C(=O)Cc1ccc(Cl)cc1)c1ccccc1. The van der Waals surface area contributed by atoms with Crippen molar-refractivity contribution in [3.63, 3.8) is 0 Å². The average molecular weight is 332 g/mol. The van der Waals surface area contributed by atoms with E-state index < -0.39 is 5.97 Å². The zero-order valence-electron chi connectivity index (χ0n) is 12.9. The molecule has 2 rings (SSSR count). The Hall–Kier alpha value is -2.33. The first kappa shape index (κ1) is 17.0. The van der Waals surface area contributed by atoms with Gasteiger partial charge in [0.2, 0.25) is 5.91 Å². The molecule has 0 aliphatic rings. The van der Waals surface area contributed by atoms with E-state index in [1.807, 2.05) is 18.2 Å². The highest BCUT2D eigenvalue weighted by atomic mass is 35.5. The Morgan fingerprint density at radius 3 is 2.30 bits per heavy atom. The molecule has 0 saturated carbocycles. The lowest BCUT2D eigenvalue weighted by atomic mass is 10.1. The number of carbonyl (C=O) groups excluding carboxylic acids is 2.